The number of nitrogens with zero attached hydrogens (tertiary/aromatic N) is 2. The second-order valence-corrected chi connectivity index (χ2v) is 3.52. The summed E-state index contributed by atoms with van der Waals surface area (Å²) in [6, 6.07) is 10.8. The third kappa shape index (κ3) is 2.59. The van der Waals surface area contributed by atoms with Gasteiger partial charge in [0, 0.05) is 10.7 Å². The maximum atomic E-state index is 5.86. The van der Waals surface area contributed by atoms with E-state index in [0.717, 1.165) is 5.69 Å². The molecule has 6 heteroatoms. The van der Waals surface area contributed by atoms with Gasteiger partial charge in [-0.2, -0.15) is 0 Å². The smallest absolute Gasteiger partial charge is 0.162 e. The SMILES string of the molecule is NNc1ccc(Nc2cccc(Cl)c2)nn1. The minimum Gasteiger partial charge on any atom is -0.339 e. The number of nitrogens with one attached hydrogen (secondary N) is 2. The van der Waals surface area contributed by atoms with Gasteiger partial charge in [0.1, 0.15) is 0 Å². The molecule has 0 fully saturated rings. The van der Waals surface area contributed by atoms with E-state index in [-0.39, 0.29) is 0 Å². The molecule has 0 amide bonds. The van der Waals surface area contributed by atoms with Crippen LogP contribution in [0, 0.1) is 0 Å². The van der Waals surface area contributed by atoms with Crippen molar-refractivity contribution in [1.29, 1.82) is 0 Å². The van der Waals surface area contributed by atoms with Gasteiger partial charge < -0.3 is 10.7 Å². The fourth-order valence-corrected chi connectivity index (χ4v) is 1.38. The molecule has 0 saturated carbocycles. The summed E-state index contributed by atoms with van der Waals surface area (Å²) in [5, 5.41) is 11.5. The van der Waals surface area contributed by atoms with Crippen LogP contribution in [0.5, 0.6) is 0 Å². The first-order valence-corrected chi connectivity index (χ1v) is 4.98. The zero-order valence-corrected chi connectivity index (χ0v) is 9.07. The number of hydrogen-bond donors (Lipinski definition) is 3. The molecule has 2 aromatic rings. The van der Waals surface area contributed by atoms with Crippen LogP contribution in [-0.2, 0) is 0 Å². The van der Waals surface area contributed by atoms with E-state index in [4.69, 9.17) is 17.4 Å². The lowest BCUT2D eigenvalue weighted by atomic mass is 10.3. The molecule has 1 aromatic carbocycles. The van der Waals surface area contributed by atoms with Gasteiger partial charge in [0.25, 0.3) is 0 Å². The van der Waals surface area contributed by atoms with Gasteiger partial charge in [-0.15, -0.1) is 10.2 Å². The molecule has 1 heterocycles. The molecule has 0 aliphatic rings. The topological polar surface area (TPSA) is 75.9 Å². The number of halogens is 1. The Morgan fingerprint density at radius 3 is 2.44 bits per heavy atom. The number of aromatic nitrogens is 2. The summed E-state index contributed by atoms with van der Waals surface area (Å²) in [6.45, 7) is 0. The van der Waals surface area contributed by atoms with Gasteiger partial charge in [-0.1, -0.05) is 17.7 Å². The molecule has 0 spiro atoms. The minimum atomic E-state index is 0.511. The van der Waals surface area contributed by atoms with Crippen LogP contribution in [-0.4, -0.2) is 10.2 Å². The highest BCUT2D eigenvalue weighted by molar-refractivity contribution is 6.30. The molecule has 1 aromatic heterocycles. The summed E-state index contributed by atoms with van der Waals surface area (Å²) in [7, 11) is 0. The van der Waals surface area contributed by atoms with E-state index in [2.05, 4.69) is 20.9 Å². The van der Waals surface area contributed by atoms with Crippen molar-refractivity contribution in [2.24, 2.45) is 5.84 Å². The number of benzene rings is 1. The van der Waals surface area contributed by atoms with E-state index in [1.165, 1.54) is 0 Å². The second-order valence-electron chi connectivity index (χ2n) is 3.08. The summed E-state index contributed by atoms with van der Waals surface area (Å²) in [5.41, 5.74) is 3.26. The molecule has 82 valence electrons. The maximum absolute atomic E-state index is 5.86. The number of hydrazine groups is 1. The van der Waals surface area contributed by atoms with E-state index in [1.807, 2.05) is 12.1 Å². The van der Waals surface area contributed by atoms with Gasteiger partial charge in [-0.25, -0.2) is 5.84 Å². The average Bonchev–Trinajstić information content (AvgIpc) is 2.30. The summed E-state index contributed by atoms with van der Waals surface area (Å²) in [4.78, 5) is 0. The Bertz CT molecular complexity index is 471. The summed E-state index contributed by atoms with van der Waals surface area (Å²) >= 11 is 5.86. The molecule has 0 aliphatic heterocycles. The Hall–Kier alpha value is -1.85. The number of nitrogens with two attached hydrogens (primary N) is 1. The number of anilines is 3. The molecule has 16 heavy (non-hydrogen) atoms. The highest BCUT2D eigenvalue weighted by Crippen LogP contribution is 2.18. The predicted molar refractivity (Wildman–Crippen MR) is 64.6 cm³/mol. The fraction of sp³-hybridized carbons (Fsp3) is 0. The van der Waals surface area contributed by atoms with Gasteiger partial charge in [0.05, 0.1) is 0 Å². The largest absolute Gasteiger partial charge is 0.339 e. The molecule has 5 nitrogen and oxygen atoms in total. The van der Waals surface area contributed by atoms with Gasteiger partial charge in [-0.05, 0) is 30.3 Å². The molecule has 0 saturated heterocycles. The third-order valence-electron chi connectivity index (χ3n) is 1.91. The molecule has 0 bridgehead atoms. The molecular weight excluding hydrogens is 226 g/mol. The standard InChI is InChI=1S/C10H10ClN5/c11-7-2-1-3-8(6-7)13-9-4-5-10(14-12)16-15-9/h1-6H,12H2,(H,13,15)(H,14,16). The third-order valence-corrected chi connectivity index (χ3v) is 2.14. The van der Waals surface area contributed by atoms with Crippen LogP contribution in [0.25, 0.3) is 0 Å². The Labute approximate surface area is 97.6 Å². The second kappa shape index (κ2) is 4.78. The van der Waals surface area contributed by atoms with Crippen LogP contribution in [0.4, 0.5) is 17.3 Å². The fourth-order valence-electron chi connectivity index (χ4n) is 1.19. The molecule has 0 atom stereocenters. The van der Waals surface area contributed by atoms with E-state index in [9.17, 15) is 0 Å². The zero-order chi connectivity index (χ0) is 11.4. The van der Waals surface area contributed by atoms with Gasteiger partial charge >= 0.3 is 0 Å². The van der Waals surface area contributed by atoms with Gasteiger partial charge in [-0.3, -0.25) is 0 Å². The Morgan fingerprint density at radius 2 is 1.81 bits per heavy atom. The number of rotatable bonds is 3. The van der Waals surface area contributed by atoms with Crippen molar-refractivity contribution < 1.29 is 0 Å². The van der Waals surface area contributed by atoms with Crippen LogP contribution in [0.1, 0.15) is 0 Å². The van der Waals surface area contributed by atoms with Crippen LogP contribution in [0.15, 0.2) is 36.4 Å². The van der Waals surface area contributed by atoms with Gasteiger partial charge in [0.15, 0.2) is 11.6 Å². The van der Waals surface area contributed by atoms with Crippen molar-refractivity contribution in [1.82, 2.24) is 10.2 Å². The zero-order valence-electron chi connectivity index (χ0n) is 8.31. The van der Waals surface area contributed by atoms with Crippen molar-refractivity contribution >= 4 is 28.9 Å². The normalized spacial score (nSPS) is 9.88. The first kappa shape index (κ1) is 10.7. The highest BCUT2D eigenvalue weighted by atomic mass is 35.5. The summed E-state index contributed by atoms with van der Waals surface area (Å²) < 4.78 is 0. The lowest BCUT2D eigenvalue weighted by molar-refractivity contribution is 1.02. The molecule has 0 radical (unpaired) electrons. The van der Waals surface area contributed by atoms with E-state index in [1.54, 1.807) is 24.3 Å². The average molecular weight is 236 g/mol. The van der Waals surface area contributed by atoms with E-state index in [0.29, 0.717) is 16.7 Å². The quantitative estimate of drug-likeness (QED) is 0.562. The van der Waals surface area contributed by atoms with E-state index >= 15 is 0 Å². The van der Waals surface area contributed by atoms with Gasteiger partial charge in [0.2, 0.25) is 0 Å². The molecule has 2 rings (SSSR count). The van der Waals surface area contributed by atoms with Crippen molar-refractivity contribution in [3.63, 3.8) is 0 Å². The van der Waals surface area contributed by atoms with E-state index < -0.39 is 0 Å². The molecule has 0 unspecified atom stereocenters. The first-order chi connectivity index (χ1) is 7.78. The Balaban J connectivity index is 2.14. The first-order valence-electron chi connectivity index (χ1n) is 4.61. The summed E-state index contributed by atoms with van der Waals surface area (Å²) in [5.74, 6) is 6.32. The number of nitrogen functional groups attached to an aromatic ring is 1. The Kier molecular flexibility index (Phi) is 3.19. The molecular formula is C10H10ClN5. The van der Waals surface area contributed by atoms with Crippen molar-refractivity contribution in [2.45, 2.75) is 0 Å². The van der Waals surface area contributed by atoms with Crippen molar-refractivity contribution in [3.05, 3.63) is 41.4 Å². The molecule has 0 aliphatic carbocycles. The molecule has 4 N–H and O–H groups in total. The lowest BCUT2D eigenvalue weighted by Crippen LogP contribution is -2.09. The maximum Gasteiger partial charge on any atom is 0.162 e. The van der Waals surface area contributed by atoms with Crippen LogP contribution in [0.2, 0.25) is 5.02 Å². The number of hydrogen-bond acceptors (Lipinski definition) is 5. The Morgan fingerprint density at radius 1 is 1.06 bits per heavy atom. The lowest BCUT2D eigenvalue weighted by Gasteiger charge is -2.05. The summed E-state index contributed by atoms with van der Waals surface area (Å²) in [6.07, 6.45) is 0. The van der Waals surface area contributed by atoms with Crippen LogP contribution in [0.3, 0.4) is 0 Å². The van der Waals surface area contributed by atoms with Crippen molar-refractivity contribution in [2.75, 3.05) is 10.7 Å². The minimum absolute atomic E-state index is 0.511. The van der Waals surface area contributed by atoms with Crippen LogP contribution < -0.4 is 16.6 Å². The van der Waals surface area contributed by atoms with Crippen molar-refractivity contribution in [3.8, 4) is 0 Å². The predicted octanol–water partition coefficient (Wildman–Crippen LogP) is 2.16. The van der Waals surface area contributed by atoms with Crippen LogP contribution >= 0.6 is 11.6 Å². The highest BCUT2D eigenvalue weighted by Gasteiger charge is 1.98. The monoisotopic (exact) mass is 235 g/mol.